The van der Waals surface area contributed by atoms with Crippen LogP contribution in [0.4, 0.5) is 13.2 Å². The van der Waals surface area contributed by atoms with Gasteiger partial charge in [-0.1, -0.05) is 11.6 Å². The molecule has 1 heterocycles. The van der Waals surface area contributed by atoms with Crippen molar-refractivity contribution in [2.75, 3.05) is 0 Å². The summed E-state index contributed by atoms with van der Waals surface area (Å²) in [7, 11) is 0. The van der Waals surface area contributed by atoms with E-state index in [1.165, 1.54) is 13.0 Å². The van der Waals surface area contributed by atoms with Gasteiger partial charge in [0.25, 0.3) is 6.43 Å². The summed E-state index contributed by atoms with van der Waals surface area (Å²) in [6, 6.07) is 1.20. The Balaban J connectivity index is 3.28. The lowest BCUT2D eigenvalue weighted by molar-refractivity contribution is 0.144. The molecule has 0 saturated carbocycles. The molecule has 0 amide bonds. The Hall–Kier alpha value is -0.770. The van der Waals surface area contributed by atoms with E-state index in [0.29, 0.717) is 0 Å². The molecule has 0 aliphatic heterocycles. The zero-order valence-corrected chi connectivity index (χ0v) is 6.87. The Kier molecular flexibility index (Phi) is 2.57. The summed E-state index contributed by atoms with van der Waals surface area (Å²) in [6.45, 7) is 1.36. The number of pyridine rings is 1. The van der Waals surface area contributed by atoms with Gasteiger partial charge in [-0.2, -0.15) is 4.39 Å². The summed E-state index contributed by atoms with van der Waals surface area (Å²) in [6.07, 6.45) is -2.85. The number of nitrogens with zero attached hydrogens (tertiary/aromatic N) is 1. The predicted octanol–water partition coefficient (Wildman–Crippen LogP) is 3.12. The van der Waals surface area contributed by atoms with Crippen molar-refractivity contribution in [1.82, 2.24) is 4.98 Å². The third-order valence-corrected chi connectivity index (χ3v) is 1.60. The van der Waals surface area contributed by atoms with Crippen LogP contribution in [0.15, 0.2) is 6.07 Å². The Labute approximate surface area is 72.2 Å². The van der Waals surface area contributed by atoms with Crippen molar-refractivity contribution in [1.29, 1.82) is 0 Å². The van der Waals surface area contributed by atoms with E-state index in [1.807, 2.05) is 0 Å². The smallest absolute Gasteiger partial charge is 0.207 e. The Morgan fingerprint density at radius 2 is 2.08 bits per heavy atom. The average molecular weight is 196 g/mol. The van der Waals surface area contributed by atoms with Crippen molar-refractivity contribution in [3.8, 4) is 0 Å². The molecule has 0 spiro atoms. The minimum absolute atomic E-state index is 0.113. The fourth-order valence-electron chi connectivity index (χ4n) is 0.868. The molecule has 12 heavy (non-hydrogen) atoms. The second kappa shape index (κ2) is 3.31. The third kappa shape index (κ3) is 1.69. The maximum absolute atomic E-state index is 12.7. The van der Waals surface area contributed by atoms with Gasteiger partial charge in [0.15, 0.2) is 0 Å². The Bertz CT molecular complexity index is 278. The highest BCUT2D eigenvalue weighted by Gasteiger charge is 2.17. The molecule has 0 aromatic carbocycles. The number of hydrogen-bond donors (Lipinski definition) is 0. The summed E-state index contributed by atoms with van der Waals surface area (Å²) in [5, 5.41) is -0.116. The van der Waals surface area contributed by atoms with Crippen molar-refractivity contribution in [2.45, 2.75) is 13.3 Å². The number of halogens is 4. The molecule has 1 aromatic heterocycles. The van der Waals surface area contributed by atoms with Crippen LogP contribution >= 0.6 is 11.6 Å². The van der Waals surface area contributed by atoms with E-state index in [2.05, 4.69) is 4.98 Å². The second-order valence-corrected chi connectivity index (χ2v) is 2.65. The van der Waals surface area contributed by atoms with Gasteiger partial charge >= 0.3 is 0 Å². The maximum Gasteiger partial charge on any atom is 0.268 e. The van der Waals surface area contributed by atoms with Gasteiger partial charge in [-0.15, -0.1) is 0 Å². The molecule has 1 nitrogen and oxygen atoms in total. The van der Waals surface area contributed by atoms with Crippen LogP contribution in [0.2, 0.25) is 5.15 Å². The summed E-state index contributed by atoms with van der Waals surface area (Å²) >= 11 is 5.33. The average Bonchev–Trinajstić information content (AvgIpc) is 1.82. The van der Waals surface area contributed by atoms with Crippen LogP contribution in [0, 0.1) is 12.9 Å². The van der Waals surface area contributed by atoms with Crippen molar-refractivity contribution >= 4 is 11.6 Å². The maximum atomic E-state index is 12.7. The lowest BCUT2D eigenvalue weighted by Crippen LogP contribution is -1.98. The van der Waals surface area contributed by atoms with Gasteiger partial charge in [0.05, 0.1) is 5.56 Å². The molecule has 0 bridgehead atoms. The van der Waals surface area contributed by atoms with Gasteiger partial charge < -0.3 is 0 Å². The molecular weight excluding hydrogens is 191 g/mol. The molecule has 0 atom stereocenters. The van der Waals surface area contributed by atoms with Gasteiger partial charge in [0, 0.05) is 0 Å². The summed E-state index contributed by atoms with van der Waals surface area (Å²) in [5.41, 5.74) is -0.568. The minimum Gasteiger partial charge on any atom is -0.207 e. The summed E-state index contributed by atoms with van der Waals surface area (Å²) in [5.74, 6) is -1.20. The molecule has 0 saturated heterocycles. The molecule has 1 aromatic rings. The molecular formula is C7H5ClF3N. The van der Waals surface area contributed by atoms with Crippen LogP contribution in [-0.4, -0.2) is 4.98 Å². The van der Waals surface area contributed by atoms with Gasteiger partial charge in [-0.05, 0) is 18.6 Å². The second-order valence-electron chi connectivity index (χ2n) is 2.27. The Morgan fingerprint density at radius 1 is 1.50 bits per heavy atom. The van der Waals surface area contributed by atoms with E-state index in [1.54, 1.807) is 0 Å². The SMILES string of the molecule is Cc1cc(Cl)nc(F)c1C(F)F. The van der Waals surface area contributed by atoms with E-state index in [4.69, 9.17) is 11.6 Å². The molecule has 0 N–H and O–H groups in total. The predicted molar refractivity (Wildman–Crippen MR) is 38.9 cm³/mol. The van der Waals surface area contributed by atoms with Crippen LogP contribution in [0.5, 0.6) is 0 Å². The van der Waals surface area contributed by atoms with Crippen LogP contribution in [0.3, 0.4) is 0 Å². The van der Waals surface area contributed by atoms with Crippen molar-refractivity contribution in [2.24, 2.45) is 0 Å². The standard InChI is InChI=1S/C7H5ClF3N/c1-3-2-4(8)12-7(11)5(3)6(9)10/h2,6H,1H3. The highest BCUT2D eigenvalue weighted by Crippen LogP contribution is 2.25. The van der Waals surface area contributed by atoms with Gasteiger partial charge in [0.1, 0.15) is 5.15 Å². The van der Waals surface area contributed by atoms with E-state index < -0.39 is 17.9 Å². The van der Waals surface area contributed by atoms with Crippen molar-refractivity contribution in [3.63, 3.8) is 0 Å². The Morgan fingerprint density at radius 3 is 2.50 bits per heavy atom. The van der Waals surface area contributed by atoms with Crippen LogP contribution in [0.1, 0.15) is 17.6 Å². The summed E-state index contributed by atoms with van der Waals surface area (Å²) in [4.78, 5) is 3.07. The van der Waals surface area contributed by atoms with Crippen molar-refractivity contribution < 1.29 is 13.2 Å². The summed E-state index contributed by atoms with van der Waals surface area (Å²) < 4.78 is 36.9. The lowest BCUT2D eigenvalue weighted by atomic mass is 10.2. The number of hydrogen-bond acceptors (Lipinski definition) is 1. The topological polar surface area (TPSA) is 12.9 Å². The van der Waals surface area contributed by atoms with Crippen molar-refractivity contribution in [3.05, 3.63) is 28.3 Å². The zero-order valence-electron chi connectivity index (χ0n) is 6.11. The number of rotatable bonds is 1. The molecule has 0 unspecified atom stereocenters. The van der Waals surface area contributed by atoms with Crippen LogP contribution in [-0.2, 0) is 0 Å². The van der Waals surface area contributed by atoms with Crippen LogP contribution < -0.4 is 0 Å². The quantitative estimate of drug-likeness (QED) is 0.628. The first kappa shape index (κ1) is 9.32. The molecule has 0 fully saturated rings. The molecule has 0 radical (unpaired) electrons. The van der Waals surface area contributed by atoms with Crippen LogP contribution in [0.25, 0.3) is 0 Å². The lowest BCUT2D eigenvalue weighted by Gasteiger charge is -2.04. The first-order valence-electron chi connectivity index (χ1n) is 3.13. The number of aryl methyl sites for hydroxylation is 1. The van der Waals surface area contributed by atoms with Gasteiger partial charge in [-0.25, -0.2) is 13.8 Å². The van der Waals surface area contributed by atoms with E-state index >= 15 is 0 Å². The highest BCUT2D eigenvalue weighted by molar-refractivity contribution is 6.29. The monoisotopic (exact) mass is 195 g/mol. The molecule has 0 aliphatic carbocycles. The third-order valence-electron chi connectivity index (χ3n) is 1.41. The first-order chi connectivity index (χ1) is 5.52. The zero-order chi connectivity index (χ0) is 9.30. The van der Waals surface area contributed by atoms with Gasteiger partial charge in [-0.3, -0.25) is 0 Å². The number of aromatic nitrogens is 1. The van der Waals surface area contributed by atoms with E-state index in [9.17, 15) is 13.2 Å². The van der Waals surface area contributed by atoms with Gasteiger partial charge in [0.2, 0.25) is 5.95 Å². The molecule has 5 heteroatoms. The number of alkyl halides is 2. The first-order valence-corrected chi connectivity index (χ1v) is 3.51. The normalized spacial score (nSPS) is 10.8. The largest absolute Gasteiger partial charge is 0.268 e. The minimum atomic E-state index is -2.85. The van der Waals surface area contributed by atoms with E-state index in [0.717, 1.165) is 0 Å². The van der Waals surface area contributed by atoms with E-state index in [-0.39, 0.29) is 10.7 Å². The molecule has 1 rings (SSSR count). The fraction of sp³-hybridized carbons (Fsp3) is 0.286. The fourth-order valence-corrected chi connectivity index (χ4v) is 1.11. The molecule has 0 aliphatic rings. The highest BCUT2D eigenvalue weighted by atomic mass is 35.5. The molecule has 66 valence electrons.